The molecule has 0 spiro atoms. The summed E-state index contributed by atoms with van der Waals surface area (Å²) in [5, 5.41) is 0. The van der Waals surface area contributed by atoms with Crippen LogP contribution in [0.1, 0.15) is 37.4 Å². The molecule has 1 aliphatic carbocycles. The molecule has 1 aliphatic rings. The zero-order valence-corrected chi connectivity index (χ0v) is 12.6. The Bertz CT molecular complexity index is 432. The molecule has 1 aromatic rings. The third kappa shape index (κ3) is 3.16. The van der Waals surface area contributed by atoms with Crippen LogP contribution in [0.3, 0.4) is 0 Å². The van der Waals surface area contributed by atoms with E-state index in [1.807, 2.05) is 6.07 Å². The number of hydrogen-bond acceptors (Lipinski definition) is 3. The van der Waals surface area contributed by atoms with Crippen molar-refractivity contribution < 1.29 is 0 Å². The number of hydrazine groups is 1. The van der Waals surface area contributed by atoms with Crippen LogP contribution in [0.15, 0.2) is 32.9 Å². The largest absolute Gasteiger partial charge is 0.271 e. The third-order valence-corrected chi connectivity index (χ3v) is 4.04. The fourth-order valence-electron chi connectivity index (χ4n) is 2.12. The molecule has 3 N–H and O–H groups in total. The van der Waals surface area contributed by atoms with Gasteiger partial charge in [-0.2, -0.15) is 0 Å². The molecule has 0 saturated heterocycles. The monoisotopic (exact) mass is 359 g/mol. The molecule has 5 heteroatoms. The van der Waals surface area contributed by atoms with Crippen LogP contribution in [0, 0.1) is 0 Å². The van der Waals surface area contributed by atoms with Crippen LogP contribution < -0.4 is 11.3 Å². The number of hydrogen-bond donors (Lipinski definition) is 2. The molecule has 92 valence electrons. The second-order valence-electron chi connectivity index (χ2n) is 4.15. The summed E-state index contributed by atoms with van der Waals surface area (Å²) in [5.41, 5.74) is 5.16. The lowest BCUT2D eigenvalue weighted by Crippen LogP contribution is -2.31. The van der Waals surface area contributed by atoms with E-state index in [-0.39, 0.29) is 6.04 Å². The van der Waals surface area contributed by atoms with Gasteiger partial charge in [0.25, 0.3) is 0 Å². The standard InChI is InChI=1S/C12H15Br2N3/c13-9-6-10(14)12(16-7-9)11(17-15)8-4-2-1-3-5-8/h4,6-7,11,17H,1-3,5,15H2. The van der Waals surface area contributed by atoms with Gasteiger partial charge >= 0.3 is 0 Å². The summed E-state index contributed by atoms with van der Waals surface area (Å²) in [4.78, 5) is 4.45. The topological polar surface area (TPSA) is 50.9 Å². The summed E-state index contributed by atoms with van der Waals surface area (Å²) in [6.07, 6.45) is 8.83. The fourth-order valence-corrected chi connectivity index (χ4v) is 3.34. The number of halogens is 2. The first-order valence-electron chi connectivity index (χ1n) is 5.68. The molecule has 0 bridgehead atoms. The molecular formula is C12H15Br2N3. The first-order chi connectivity index (χ1) is 8.22. The number of allylic oxidation sites excluding steroid dienone is 1. The zero-order valence-electron chi connectivity index (χ0n) is 9.42. The number of nitrogens with two attached hydrogens (primary N) is 1. The molecule has 0 radical (unpaired) electrons. The highest BCUT2D eigenvalue weighted by Crippen LogP contribution is 2.32. The third-order valence-electron chi connectivity index (χ3n) is 2.97. The molecular weight excluding hydrogens is 346 g/mol. The summed E-state index contributed by atoms with van der Waals surface area (Å²) >= 11 is 6.94. The van der Waals surface area contributed by atoms with E-state index in [0.29, 0.717) is 0 Å². The van der Waals surface area contributed by atoms with Crippen LogP contribution in [-0.2, 0) is 0 Å². The van der Waals surface area contributed by atoms with Gasteiger partial charge < -0.3 is 0 Å². The Morgan fingerprint density at radius 1 is 1.35 bits per heavy atom. The van der Waals surface area contributed by atoms with Gasteiger partial charge in [-0.15, -0.1) is 0 Å². The molecule has 0 saturated carbocycles. The minimum Gasteiger partial charge on any atom is -0.271 e. The first kappa shape index (κ1) is 13.2. The van der Waals surface area contributed by atoms with Crippen LogP contribution in [0.2, 0.25) is 0 Å². The molecule has 0 fully saturated rings. The van der Waals surface area contributed by atoms with Gasteiger partial charge in [0.15, 0.2) is 0 Å². The minimum atomic E-state index is 0.0118. The van der Waals surface area contributed by atoms with Crippen LogP contribution in [0.25, 0.3) is 0 Å². The average Bonchev–Trinajstić information content (AvgIpc) is 2.34. The molecule has 3 nitrogen and oxygen atoms in total. The second kappa shape index (κ2) is 6.09. The molecule has 1 aromatic heterocycles. The van der Waals surface area contributed by atoms with E-state index in [1.165, 1.54) is 18.4 Å². The average molecular weight is 361 g/mol. The Morgan fingerprint density at radius 3 is 2.76 bits per heavy atom. The summed E-state index contributed by atoms with van der Waals surface area (Å²) < 4.78 is 1.93. The van der Waals surface area contributed by atoms with Crippen molar-refractivity contribution in [2.75, 3.05) is 0 Å². The smallest absolute Gasteiger partial charge is 0.0853 e. The van der Waals surface area contributed by atoms with Crippen LogP contribution in [0.4, 0.5) is 0 Å². The summed E-state index contributed by atoms with van der Waals surface area (Å²) in [5.74, 6) is 5.68. The molecule has 2 rings (SSSR count). The number of pyridine rings is 1. The van der Waals surface area contributed by atoms with E-state index in [1.54, 1.807) is 6.20 Å². The van der Waals surface area contributed by atoms with Gasteiger partial charge in [-0.1, -0.05) is 6.08 Å². The molecule has 1 unspecified atom stereocenters. The number of aromatic nitrogens is 1. The van der Waals surface area contributed by atoms with Gasteiger partial charge in [-0.25, -0.2) is 5.43 Å². The summed E-state index contributed by atoms with van der Waals surface area (Å²) in [6.45, 7) is 0. The normalized spacial score (nSPS) is 17.7. The van der Waals surface area contributed by atoms with Crippen LogP contribution in [-0.4, -0.2) is 4.98 Å². The zero-order chi connectivity index (χ0) is 12.3. The van der Waals surface area contributed by atoms with Gasteiger partial charge in [0.2, 0.25) is 0 Å². The molecule has 17 heavy (non-hydrogen) atoms. The Kier molecular flexibility index (Phi) is 4.73. The van der Waals surface area contributed by atoms with E-state index in [9.17, 15) is 0 Å². The van der Waals surface area contributed by atoms with Crippen LogP contribution in [0.5, 0.6) is 0 Å². The van der Waals surface area contributed by atoms with Gasteiger partial charge in [0, 0.05) is 15.1 Å². The summed E-state index contributed by atoms with van der Waals surface area (Å²) in [6, 6.07) is 2.01. The van der Waals surface area contributed by atoms with E-state index in [0.717, 1.165) is 27.5 Å². The van der Waals surface area contributed by atoms with Gasteiger partial charge in [0.05, 0.1) is 11.7 Å². The minimum absolute atomic E-state index is 0.0118. The van der Waals surface area contributed by atoms with Crippen molar-refractivity contribution in [1.29, 1.82) is 0 Å². The maximum absolute atomic E-state index is 5.68. The van der Waals surface area contributed by atoms with Gasteiger partial charge in [-0.3, -0.25) is 10.8 Å². The lowest BCUT2D eigenvalue weighted by Gasteiger charge is -2.23. The predicted octanol–water partition coefficient (Wildman–Crippen LogP) is 3.61. The molecule has 0 aromatic carbocycles. The maximum atomic E-state index is 5.68. The Balaban J connectivity index is 2.31. The van der Waals surface area contributed by atoms with Crippen molar-refractivity contribution in [2.24, 2.45) is 5.84 Å². The maximum Gasteiger partial charge on any atom is 0.0853 e. The molecule has 1 heterocycles. The van der Waals surface area contributed by atoms with E-state index >= 15 is 0 Å². The highest BCUT2D eigenvalue weighted by Gasteiger charge is 2.20. The number of rotatable bonds is 3. The SMILES string of the molecule is NNC(C1=CCCCC1)c1ncc(Br)cc1Br. The van der Waals surface area contributed by atoms with Crippen molar-refractivity contribution in [2.45, 2.75) is 31.7 Å². The van der Waals surface area contributed by atoms with Crippen molar-refractivity contribution in [3.8, 4) is 0 Å². The quantitative estimate of drug-likeness (QED) is 0.491. The lowest BCUT2D eigenvalue weighted by atomic mass is 9.92. The Labute approximate surface area is 118 Å². The van der Waals surface area contributed by atoms with Crippen molar-refractivity contribution >= 4 is 31.9 Å². The molecule has 0 amide bonds. The molecule has 0 aliphatic heterocycles. The fraction of sp³-hybridized carbons (Fsp3) is 0.417. The van der Waals surface area contributed by atoms with E-state index < -0.39 is 0 Å². The van der Waals surface area contributed by atoms with Gasteiger partial charge in [-0.05, 0) is 69.2 Å². The highest BCUT2D eigenvalue weighted by atomic mass is 79.9. The summed E-state index contributed by atoms with van der Waals surface area (Å²) in [7, 11) is 0. The highest BCUT2D eigenvalue weighted by molar-refractivity contribution is 9.11. The van der Waals surface area contributed by atoms with Gasteiger partial charge in [0.1, 0.15) is 0 Å². The Hall–Kier alpha value is -0.230. The first-order valence-corrected chi connectivity index (χ1v) is 7.27. The van der Waals surface area contributed by atoms with Crippen molar-refractivity contribution in [3.05, 3.63) is 38.6 Å². The van der Waals surface area contributed by atoms with E-state index in [4.69, 9.17) is 5.84 Å². The lowest BCUT2D eigenvalue weighted by molar-refractivity contribution is 0.553. The second-order valence-corrected chi connectivity index (χ2v) is 5.92. The Morgan fingerprint density at radius 2 is 2.18 bits per heavy atom. The van der Waals surface area contributed by atoms with Crippen LogP contribution >= 0.6 is 31.9 Å². The number of nitrogens with one attached hydrogen (secondary N) is 1. The van der Waals surface area contributed by atoms with E-state index in [2.05, 4.69) is 48.3 Å². The van der Waals surface area contributed by atoms with Crippen molar-refractivity contribution in [1.82, 2.24) is 10.4 Å². The molecule has 1 atom stereocenters. The van der Waals surface area contributed by atoms with Crippen molar-refractivity contribution in [3.63, 3.8) is 0 Å². The predicted molar refractivity (Wildman–Crippen MR) is 76.3 cm³/mol. The number of nitrogens with zero attached hydrogens (tertiary/aromatic N) is 1.